The van der Waals surface area contributed by atoms with E-state index in [0.29, 0.717) is 5.56 Å². The Balaban J connectivity index is 1.95. The maximum absolute atomic E-state index is 12.0. The fourth-order valence-electron chi connectivity index (χ4n) is 2.00. The Bertz CT molecular complexity index is 721. The Morgan fingerprint density at radius 2 is 1.78 bits per heavy atom. The lowest BCUT2D eigenvalue weighted by Gasteiger charge is -2.09. The van der Waals surface area contributed by atoms with E-state index in [9.17, 15) is 14.9 Å². The molecule has 0 saturated carbocycles. The van der Waals surface area contributed by atoms with Gasteiger partial charge in [0.1, 0.15) is 12.5 Å². The predicted octanol–water partition coefficient (Wildman–Crippen LogP) is 3.02. The number of carbonyl (C=O) groups is 1. The number of nitro benzene ring substituents is 1. The molecule has 2 aromatic carbocycles. The highest BCUT2D eigenvalue weighted by Gasteiger charge is 2.20. The molecule has 2 aromatic rings. The molecule has 6 nitrogen and oxygen atoms in total. The maximum atomic E-state index is 12.0. The molecule has 2 rings (SSSR count). The number of non-ortho nitro benzene ring substituents is 1. The Morgan fingerprint density at radius 1 is 1.13 bits per heavy atom. The van der Waals surface area contributed by atoms with Gasteiger partial charge in [0.2, 0.25) is 0 Å². The van der Waals surface area contributed by atoms with E-state index in [0.717, 1.165) is 5.56 Å². The van der Waals surface area contributed by atoms with Crippen molar-refractivity contribution >= 4 is 11.7 Å². The second-order valence-electron chi connectivity index (χ2n) is 4.90. The predicted molar refractivity (Wildman–Crippen MR) is 82.1 cm³/mol. The van der Waals surface area contributed by atoms with Gasteiger partial charge in [0.15, 0.2) is 0 Å². The van der Waals surface area contributed by atoms with Crippen LogP contribution in [-0.2, 0) is 22.6 Å². The third-order valence-electron chi connectivity index (χ3n) is 3.25. The van der Waals surface area contributed by atoms with Crippen LogP contribution in [0.4, 0.5) is 5.69 Å². The first-order valence-electron chi connectivity index (χ1n) is 6.93. The molecule has 1 unspecified atom stereocenters. The van der Waals surface area contributed by atoms with E-state index in [-0.39, 0.29) is 18.7 Å². The highest BCUT2D eigenvalue weighted by Crippen LogP contribution is 2.16. The van der Waals surface area contributed by atoms with Crippen molar-refractivity contribution in [3.05, 3.63) is 75.8 Å². The monoisotopic (exact) mass is 310 g/mol. The zero-order valence-electron chi connectivity index (χ0n) is 12.2. The topological polar surface area (TPSA) is 93.2 Å². The second kappa shape index (κ2) is 7.71. The molecule has 0 aliphatic rings. The summed E-state index contributed by atoms with van der Waals surface area (Å²) < 4.78 is 5.15. The summed E-state index contributed by atoms with van der Waals surface area (Å²) in [6.45, 7) is 0.109. The van der Waals surface area contributed by atoms with Crippen LogP contribution in [0, 0.1) is 27.4 Å². The molecule has 23 heavy (non-hydrogen) atoms. The molecule has 0 aliphatic heterocycles. The van der Waals surface area contributed by atoms with E-state index in [4.69, 9.17) is 10.00 Å². The van der Waals surface area contributed by atoms with Crippen LogP contribution in [0.2, 0.25) is 0 Å². The van der Waals surface area contributed by atoms with Crippen molar-refractivity contribution in [1.82, 2.24) is 0 Å². The Labute approximate surface area is 133 Å². The van der Waals surface area contributed by atoms with E-state index in [2.05, 4.69) is 0 Å². The van der Waals surface area contributed by atoms with Gasteiger partial charge in [-0.1, -0.05) is 42.5 Å². The summed E-state index contributed by atoms with van der Waals surface area (Å²) in [7, 11) is 0. The number of benzene rings is 2. The number of nitro groups is 1. The summed E-state index contributed by atoms with van der Waals surface area (Å²) in [5, 5.41) is 19.7. The van der Waals surface area contributed by atoms with Crippen LogP contribution >= 0.6 is 0 Å². The molecule has 0 N–H and O–H groups in total. The van der Waals surface area contributed by atoms with E-state index >= 15 is 0 Å². The van der Waals surface area contributed by atoms with Crippen molar-refractivity contribution in [3.63, 3.8) is 0 Å². The van der Waals surface area contributed by atoms with Crippen LogP contribution in [0.25, 0.3) is 0 Å². The first kappa shape index (κ1) is 16.2. The minimum atomic E-state index is -0.944. The van der Waals surface area contributed by atoms with Gasteiger partial charge in [0.25, 0.3) is 5.69 Å². The number of esters is 1. The lowest BCUT2D eigenvalue weighted by molar-refractivity contribution is -0.384. The number of nitriles is 1. The quantitative estimate of drug-likeness (QED) is 0.464. The van der Waals surface area contributed by atoms with Gasteiger partial charge in [-0.3, -0.25) is 14.9 Å². The first-order chi connectivity index (χ1) is 11.1. The largest absolute Gasteiger partial charge is 0.460 e. The number of ether oxygens (including phenoxy) is 1. The third kappa shape index (κ3) is 4.64. The summed E-state index contributed by atoms with van der Waals surface area (Å²) in [6, 6.07) is 16.9. The molecule has 0 amide bonds. The average molecular weight is 310 g/mol. The maximum Gasteiger partial charge on any atom is 0.324 e. The molecule has 0 bridgehead atoms. The molecular formula is C17H14N2O4. The fraction of sp³-hybridized carbons (Fsp3) is 0.176. The van der Waals surface area contributed by atoms with Gasteiger partial charge in [-0.25, -0.2) is 0 Å². The van der Waals surface area contributed by atoms with Crippen LogP contribution in [-0.4, -0.2) is 10.9 Å². The number of rotatable bonds is 6. The molecule has 0 spiro atoms. The van der Waals surface area contributed by atoms with Crippen LogP contribution in [0.15, 0.2) is 54.6 Å². The summed E-state index contributed by atoms with van der Waals surface area (Å²) in [5.41, 5.74) is 1.47. The van der Waals surface area contributed by atoms with E-state index < -0.39 is 16.8 Å². The zero-order chi connectivity index (χ0) is 16.7. The van der Waals surface area contributed by atoms with Gasteiger partial charge in [-0.2, -0.15) is 5.26 Å². The van der Waals surface area contributed by atoms with Gasteiger partial charge in [-0.15, -0.1) is 0 Å². The van der Waals surface area contributed by atoms with E-state index in [1.165, 1.54) is 24.3 Å². The molecule has 1 atom stereocenters. The highest BCUT2D eigenvalue weighted by molar-refractivity contribution is 5.75. The van der Waals surface area contributed by atoms with Crippen molar-refractivity contribution < 1.29 is 14.5 Å². The molecule has 0 heterocycles. The van der Waals surface area contributed by atoms with Crippen molar-refractivity contribution in [1.29, 1.82) is 5.26 Å². The SMILES string of the molecule is N#CC(Cc1ccc([N+](=O)[O-])cc1)C(=O)OCc1ccccc1. The zero-order valence-corrected chi connectivity index (χ0v) is 12.2. The van der Waals surface area contributed by atoms with Crippen molar-refractivity contribution in [2.45, 2.75) is 13.0 Å². The van der Waals surface area contributed by atoms with Crippen molar-refractivity contribution in [2.75, 3.05) is 0 Å². The highest BCUT2D eigenvalue weighted by atomic mass is 16.6. The summed E-state index contributed by atoms with van der Waals surface area (Å²) >= 11 is 0. The van der Waals surface area contributed by atoms with Crippen LogP contribution in [0.1, 0.15) is 11.1 Å². The summed E-state index contributed by atoms with van der Waals surface area (Å²) in [5.74, 6) is -1.55. The minimum absolute atomic E-state index is 0.0334. The van der Waals surface area contributed by atoms with Crippen molar-refractivity contribution in [2.24, 2.45) is 5.92 Å². The lowest BCUT2D eigenvalue weighted by Crippen LogP contribution is -2.18. The average Bonchev–Trinajstić information content (AvgIpc) is 2.59. The standard InChI is InChI=1S/C17H14N2O4/c18-11-15(10-13-6-8-16(9-7-13)19(21)22)17(20)23-12-14-4-2-1-3-5-14/h1-9,15H,10,12H2. The van der Waals surface area contributed by atoms with Crippen LogP contribution < -0.4 is 0 Å². The second-order valence-corrected chi connectivity index (χ2v) is 4.90. The number of carbonyl (C=O) groups excluding carboxylic acids is 1. The molecule has 6 heteroatoms. The molecule has 0 aromatic heterocycles. The Morgan fingerprint density at radius 3 is 2.35 bits per heavy atom. The van der Waals surface area contributed by atoms with Gasteiger partial charge in [-0.05, 0) is 17.5 Å². The third-order valence-corrected chi connectivity index (χ3v) is 3.25. The van der Waals surface area contributed by atoms with E-state index in [1.54, 1.807) is 0 Å². The molecule has 0 aliphatic carbocycles. The van der Waals surface area contributed by atoms with E-state index in [1.807, 2.05) is 36.4 Å². The van der Waals surface area contributed by atoms with Gasteiger partial charge in [0, 0.05) is 12.1 Å². The minimum Gasteiger partial charge on any atom is -0.460 e. The van der Waals surface area contributed by atoms with Crippen LogP contribution in [0.3, 0.4) is 0 Å². The smallest absolute Gasteiger partial charge is 0.324 e. The number of hydrogen-bond acceptors (Lipinski definition) is 5. The van der Waals surface area contributed by atoms with Gasteiger partial charge in [0.05, 0.1) is 11.0 Å². The summed E-state index contributed by atoms with van der Waals surface area (Å²) in [6.07, 6.45) is 0.155. The fourth-order valence-corrected chi connectivity index (χ4v) is 2.00. The first-order valence-corrected chi connectivity index (χ1v) is 6.93. The molecule has 0 fully saturated rings. The number of hydrogen-bond donors (Lipinski definition) is 0. The summed E-state index contributed by atoms with van der Waals surface area (Å²) in [4.78, 5) is 22.1. The van der Waals surface area contributed by atoms with Crippen LogP contribution in [0.5, 0.6) is 0 Å². The lowest BCUT2D eigenvalue weighted by atomic mass is 10.0. The molecule has 0 saturated heterocycles. The molecular weight excluding hydrogens is 296 g/mol. The van der Waals surface area contributed by atoms with Crippen molar-refractivity contribution in [3.8, 4) is 6.07 Å². The Kier molecular flexibility index (Phi) is 5.42. The molecule has 116 valence electrons. The van der Waals surface area contributed by atoms with Gasteiger partial charge < -0.3 is 4.74 Å². The van der Waals surface area contributed by atoms with Gasteiger partial charge >= 0.3 is 5.97 Å². The molecule has 0 radical (unpaired) electrons. The normalized spacial score (nSPS) is 11.3. The Hall–Kier alpha value is -3.20. The number of nitrogens with zero attached hydrogens (tertiary/aromatic N) is 2.